The molecular formula is C21H30N2O. The van der Waals surface area contributed by atoms with Gasteiger partial charge in [-0.1, -0.05) is 18.2 Å². The van der Waals surface area contributed by atoms with Crippen molar-refractivity contribution in [2.24, 2.45) is 29.6 Å². The van der Waals surface area contributed by atoms with Crippen molar-refractivity contribution >= 4 is 5.91 Å². The van der Waals surface area contributed by atoms with E-state index in [-0.39, 0.29) is 11.9 Å². The molecule has 2 N–H and O–H groups in total. The number of hydrogen-bond acceptors (Lipinski definition) is 2. The molecule has 4 aliphatic carbocycles. The fourth-order valence-electron chi connectivity index (χ4n) is 6.61. The average molecular weight is 326 g/mol. The van der Waals surface area contributed by atoms with Crippen molar-refractivity contribution in [3.05, 3.63) is 23.8 Å². The highest BCUT2D eigenvalue weighted by atomic mass is 16.2. The number of amides is 1. The lowest BCUT2D eigenvalue weighted by Crippen LogP contribution is -2.54. The number of hydrogen-bond donors (Lipinski definition) is 2. The van der Waals surface area contributed by atoms with Crippen molar-refractivity contribution in [2.45, 2.75) is 63.5 Å². The van der Waals surface area contributed by atoms with Crippen LogP contribution in [0.5, 0.6) is 0 Å². The van der Waals surface area contributed by atoms with Gasteiger partial charge in [0.25, 0.3) is 0 Å². The molecule has 4 fully saturated rings. The summed E-state index contributed by atoms with van der Waals surface area (Å²) in [6.07, 6.45) is 17.1. The van der Waals surface area contributed by atoms with E-state index in [0.717, 1.165) is 43.1 Å². The van der Waals surface area contributed by atoms with Gasteiger partial charge in [-0.05, 0) is 93.1 Å². The predicted octanol–water partition coefficient (Wildman–Crippen LogP) is 3.18. The Morgan fingerprint density at radius 3 is 2.96 bits per heavy atom. The minimum absolute atomic E-state index is 0.0914. The first kappa shape index (κ1) is 15.2. The van der Waals surface area contributed by atoms with Gasteiger partial charge in [0.2, 0.25) is 5.91 Å². The van der Waals surface area contributed by atoms with Crippen molar-refractivity contribution in [1.82, 2.24) is 10.6 Å². The zero-order valence-corrected chi connectivity index (χ0v) is 14.5. The van der Waals surface area contributed by atoms with E-state index in [1.807, 2.05) is 0 Å². The number of carbonyl (C=O) groups is 1. The third-order valence-electron chi connectivity index (χ3n) is 7.63. The summed E-state index contributed by atoms with van der Waals surface area (Å²) >= 11 is 0. The van der Waals surface area contributed by atoms with Gasteiger partial charge < -0.3 is 10.6 Å². The number of nitrogens with one attached hydrogen (secondary N) is 2. The van der Waals surface area contributed by atoms with E-state index in [0.29, 0.717) is 12.0 Å². The molecule has 1 saturated heterocycles. The second kappa shape index (κ2) is 6.01. The number of rotatable bonds is 2. The van der Waals surface area contributed by atoms with E-state index in [1.54, 1.807) is 0 Å². The van der Waals surface area contributed by atoms with E-state index in [4.69, 9.17) is 0 Å². The highest BCUT2D eigenvalue weighted by Gasteiger charge is 2.47. The first-order valence-electron chi connectivity index (χ1n) is 10.2. The maximum absolute atomic E-state index is 13.1. The summed E-state index contributed by atoms with van der Waals surface area (Å²) in [5, 5.41) is 6.99. The molecule has 7 atom stereocenters. The zero-order valence-electron chi connectivity index (χ0n) is 14.5. The molecule has 3 bridgehead atoms. The summed E-state index contributed by atoms with van der Waals surface area (Å²) in [6.45, 7) is 0.967. The third kappa shape index (κ3) is 2.56. The lowest BCUT2D eigenvalue weighted by molar-refractivity contribution is -0.124. The summed E-state index contributed by atoms with van der Waals surface area (Å²) < 4.78 is 0. The molecular weight excluding hydrogens is 296 g/mol. The van der Waals surface area contributed by atoms with Gasteiger partial charge in [0, 0.05) is 6.04 Å². The van der Waals surface area contributed by atoms with Crippen LogP contribution in [-0.2, 0) is 4.79 Å². The SMILES string of the molecule is O=C(NC1CCC2CC3CC(C2)C1C3)C1NCCC2CC=CC=C21. The van der Waals surface area contributed by atoms with Gasteiger partial charge in [-0.25, -0.2) is 0 Å². The average Bonchev–Trinajstić information content (AvgIpc) is 2.85. The van der Waals surface area contributed by atoms with Crippen molar-refractivity contribution in [3.63, 3.8) is 0 Å². The van der Waals surface area contributed by atoms with Crippen LogP contribution in [0.25, 0.3) is 0 Å². The zero-order chi connectivity index (χ0) is 16.1. The van der Waals surface area contributed by atoms with Gasteiger partial charge in [-0.2, -0.15) is 0 Å². The van der Waals surface area contributed by atoms with Crippen LogP contribution in [0.2, 0.25) is 0 Å². The Bertz CT molecular complexity index is 580. The predicted molar refractivity (Wildman–Crippen MR) is 95.3 cm³/mol. The summed E-state index contributed by atoms with van der Waals surface area (Å²) in [5.41, 5.74) is 1.32. The fourth-order valence-corrected chi connectivity index (χ4v) is 6.61. The number of fused-ring (bicyclic) bond motifs is 3. The molecule has 3 saturated carbocycles. The minimum Gasteiger partial charge on any atom is -0.351 e. The lowest BCUT2D eigenvalue weighted by Gasteiger charge is -2.35. The van der Waals surface area contributed by atoms with Gasteiger partial charge in [0.1, 0.15) is 6.04 Å². The Morgan fingerprint density at radius 2 is 2.00 bits per heavy atom. The highest BCUT2D eigenvalue weighted by Crippen LogP contribution is 2.53. The maximum atomic E-state index is 13.1. The molecule has 5 rings (SSSR count). The Balaban J connectivity index is 1.31. The van der Waals surface area contributed by atoms with E-state index >= 15 is 0 Å². The molecule has 3 nitrogen and oxygen atoms in total. The van der Waals surface area contributed by atoms with Crippen LogP contribution in [0.3, 0.4) is 0 Å². The van der Waals surface area contributed by atoms with E-state index in [1.165, 1.54) is 44.1 Å². The molecule has 1 aliphatic heterocycles. The molecule has 3 heteroatoms. The van der Waals surface area contributed by atoms with E-state index in [9.17, 15) is 4.79 Å². The van der Waals surface area contributed by atoms with Crippen molar-refractivity contribution < 1.29 is 4.79 Å². The molecule has 130 valence electrons. The maximum Gasteiger partial charge on any atom is 0.241 e. The van der Waals surface area contributed by atoms with Gasteiger partial charge in [0.15, 0.2) is 0 Å². The Labute approximate surface area is 145 Å². The molecule has 5 aliphatic rings. The molecule has 0 radical (unpaired) electrons. The lowest BCUT2D eigenvalue weighted by atomic mass is 9.80. The number of allylic oxidation sites excluding steroid dienone is 3. The standard InChI is InChI=1S/C21H30N2O/c24-21(20-17-4-2-1-3-15(17)7-8-22-20)23-19-6-5-13-9-14-11-16(10-13)18(19)12-14/h1-2,4,13-16,18-20,22H,3,5-12H2,(H,23,24). The second-order valence-corrected chi connectivity index (χ2v) is 8.99. The molecule has 0 aromatic carbocycles. The van der Waals surface area contributed by atoms with Crippen molar-refractivity contribution in [1.29, 1.82) is 0 Å². The summed E-state index contributed by atoms with van der Waals surface area (Å²) in [6, 6.07) is 0.339. The van der Waals surface area contributed by atoms with Crippen LogP contribution in [0.1, 0.15) is 51.4 Å². The van der Waals surface area contributed by atoms with Crippen molar-refractivity contribution in [2.75, 3.05) is 6.54 Å². The molecule has 7 unspecified atom stereocenters. The largest absolute Gasteiger partial charge is 0.351 e. The van der Waals surface area contributed by atoms with Crippen LogP contribution < -0.4 is 10.6 Å². The molecule has 0 aromatic rings. The first-order valence-corrected chi connectivity index (χ1v) is 10.2. The Hall–Kier alpha value is -1.09. The first-order chi connectivity index (χ1) is 11.8. The molecule has 0 spiro atoms. The monoisotopic (exact) mass is 326 g/mol. The molecule has 1 amide bonds. The van der Waals surface area contributed by atoms with Crippen LogP contribution in [-0.4, -0.2) is 24.5 Å². The molecule has 1 heterocycles. The second-order valence-electron chi connectivity index (χ2n) is 8.99. The van der Waals surface area contributed by atoms with Gasteiger partial charge >= 0.3 is 0 Å². The van der Waals surface area contributed by atoms with Crippen molar-refractivity contribution in [3.8, 4) is 0 Å². The highest BCUT2D eigenvalue weighted by molar-refractivity contribution is 5.85. The number of carbonyl (C=O) groups excluding carboxylic acids is 1. The van der Waals surface area contributed by atoms with E-state index in [2.05, 4.69) is 28.9 Å². The van der Waals surface area contributed by atoms with Crippen LogP contribution >= 0.6 is 0 Å². The summed E-state index contributed by atoms with van der Waals surface area (Å²) in [5.74, 6) is 4.38. The van der Waals surface area contributed by atoms with Crippen LogP contribution in [0.4, 0.5) is 0 Å². The quantitative estimate of drug-likeness (QED) is 0.818. The summed E-state index contributed by atoms with van der Waals surface area (Å²) in [7, 11) is 0. The third-order valence-corrected chi connectivity index (χ3v) is 7.63. The smallest absolute Gasteiger partial charge is 0.241 e. The van der Waals surface area contributed by atoms with Crippen LogP contribution in [0.15, 0.2) is 23.8 Å². The van der Waals surface area contributed by atoms with Gasteiger partial charge in [0.05, 0.1) is 0 Å². The normalized spacial score (nSPS) is 46.2. The minimum atomic E-state index is -0.0914. The molecule has 24 heavy (non-hydrogen) atoms. The summed E-state index contributed by atoms with van der Waals surface area (Å²) in [4.78, 5) is 13.1. The van der Waals surface area contributed by atoms with Gasteiger partial charge in [-0.3, -0.25) is 4.79 Å². The fraction of sp³-hybridized carbons (Fsp3) is 0.762. The van der Waals surface area contributed by atoms with E-state index < -0.39 is 0 Å². The number of piperidine rings is 1. The van der Waals surface area contributed by atoms with Crippen LogP contribution in [0, 0.1) is 29.6 Å². The molecule has 0 aromatic heterocycles. The topological polar surface area (TPSA) is 41.1 Å². The Kier molecular flexibility index (Phi) is 3.81. The Morgan fingerprint density at radius 1 is 1.08 bits per heavy atom. The van der Waals surface area contributed by atoms with Gasteiger partial charge in [-0.15, -0.1) is 0 Å².